The fourth-order valence-electron chi connectivity index (χ4n) is 1.21. The third-order valence-electron chi connectivity index (χ3n) is 2.18. The van der Waals surface area contributed by atoms with E-state index in [2.05, 4.69) is 20.8 Å². The molecule has 0 spiro atoms. The number of alkyl halides is 1. The molecule has 16 heavy (non-hydrogen) atoms. The second-order valence-electron chi connectivity index (χ2n) is 3.69. The molecule has 2 atom stereocenters. The molecule has 0 aliphatic carbocycles. The minimum absolute atomic E-state index is 0.147. The normalized spacial score (nSPS) is 15.2. The van der Waals surface area contributed by atoms with Crippen LogP contribution < -0.4 is 27.4 Å². The van der Waals surface area contributed by atoms with E-state index in [0.29, 0.717) is 4.61 Å². The van der Waals surface area contributed by atoms with Crippen molar-refractivity contribution in [2.75, 3.05) is 4.61 Å². The topological polar surface area (TPSA) is 53.7 Å². The summed E-state index contributed by atoms with van der Waals surface area (Å²) in [6.45, 7) is 6.35. The van der Waals surface area contributed by atoms with E-state index in [0.717, 1.165) is 32.1 Å². The standard InChI is InChI=1S/C11H25INO3/c1-4-7-10(6-3)15-16-12-9-14-11(13)8-5-2/h10-11H,4-9,13H2,1-3H3/q-1/t10?,11-/m0/s1. The zero-order chi connectivity index (χ0) is 12.2. The predicted molar refractivity (Wildman–Crippen MR) is 60.0 cm³/mol. The van der Waals surface area contributed by atoms with Gasteiger partial charge in [0.25, 0.3) is 0 Å². The molecule has 1 unspecified atom stereocenters. The van der Waals surface area contributed by atoms with Gasteiger partial charge in [0.1, 0.15) is 0 Å². The van der Waals surface area contributed by atoms with Crippen LogP contribution in [0.4, 0.5) is 0 Å². The van der Waals surface area contributed by atoms with Crippen LogP contribution in [0.3, 0.4) is 0 Å². The maximum absolute atomic E-state index is 5.70. The monoisotopic (exact) mass is 346 g/mol. The van der Waals surface area contributed by atoms with Crippen molar-refractivity contribution in [3.8, 4) is 0 Å². The van der Waals surface area contributed by atoms with Crippen LogP contribution in [-0.4, -0.2) is 16.9 Å². The van der Waals surface area contributed by atoms with Crippen LogP contribution in [0.25, 0.3) is 0 Å². The van der Waals surface area contributed by atoms with Crippen LogP contribution in [0, 0.1) is 0 Å². The van der Waals surface area contributed by atoms with E-state index in [-0.39, 0.29) is 12.3 Å². The molecule has 5 heteroatoms. The Balaban J connectivity index is 3.31. The van der Waals surface area contributed by atoms with Crippen LogP contribution in [0.1, 0.15) is 52.9 Å². The Bertz CT molecular complexity index is 149. The summed E-state index contributed by atoms with van der Waals surface area (Å²) < 4.78 is 11.2. The summed E-state index contributed by atoms with van der Waals surface area (Å²) in [7, 11) is 0. The molecule has 0 aromatic carbocycles. The summed E-state index contributed by atoms with van der Waals surface area (Å²) >= 11 is -0.496. The van der Waals surface area contributed by atoms with Crippen LogP contribution in [-0.2, 0) is 12.8 Å². The summed E-state index contributed by atoms with van der Waals surface area (Å²) in [5.41, 5.74) is 5.70. The van der Waals surface area contributed by atoms with E-state index in [1.807, 2.05) is 0 Å². The molecule has 4 nitrogen and oxygen atoms in total. The molecule has 0 aliphatic heterocycles. The molecule has 0 amide bonds. The molecule has 0 fully saturated rings. The van der Waals surface area contributed by atoms with E-state index in [4.69, 9.17) is 18.6 Å². The van der Waals surface area contributed by atoms with E-state index in [9.17, 15) is 0 Å². The average molecular weight is 346 g/mol. The van der Waals surface area contributed by atoms with Crippen molar-refractivity contribution in [2.45, 2.75) is 65.2 Å². The summed E-state index contributed by atoms with van der Waals surface area (Å²) in [6, 6.07) is 0. The fourth-order valence-corrected chi connectivity index (χ4v) is 2.36. The summed E-state index contributed by atoms with van der Waals surface area (Å²) in [5.74, 6) is 0. The van der Waals surface area contributed by atoms with Gasteiger partial charge in [-0.05, 0) is 0 Å². The first kappa shape index (κ1) is 16.6. The zero-order valence-electron chi connectivity index (χ0n) is 10.6. The van der Waals surface area contributed by atoms with Crippen molar-refractivity contribution in [1.29, 1.82) is 0 Å². The van der Waals surface area contributed by atoms with Crippen LogP contribution in [0.5, 0.6) is 0 Å². The summed E-state index contributed by atoms with van der Waals surface area (Å²) in [6.07, 6.45) is 5.20. The second kappa shape index (κ2) is 12.0. The Morgan fingerprint density at radius 1 is 1.12 bits per heavy atom. The van der Waals surface area contributed by atoms with Gasteiger partial charge in [-0.25, -0.2) is 0 Å². The average Bonchev–Trinajstić information content (AvgIpc) is 2.27. The molecular weight excluding hydrogens is 321 g/mol. The molecule has 0 radical (unpaired) electrons. The van der Waals surface area contributed by atoms with Crippen LogP contribution >= 0.6 is 0 Å². The molecule has 0 aromatic rings. The molecule has 0 saturated carbocycles. The van der Waals surface area contributed by atoms with Crippen molar-refractivity contribution in [2.24, 2.45) is 5.73 Å². The van der Waals surface area contributed by atoms with Gasteiger partial charge in [0.05, 0.1) is 0 Å². The SMILES string of the molecule is CCCC(CC)OO[I-]CO[C@H](N)CCC. The van der Waals surface area contributed by atoms with Crippen LogP contribution in [0.15, 0.2) is 0 Å². The Morgan fingerprint density at radius 3 is 2.38 bits per heavy atom. The molecule has 2 N–H and O–H groups in total. The first-order valence-corrected chi connectivity index (χ1v) is 8.43. The van der Waals surface area contributed by atoms with Gasteiger partial charge in [-0.1, -0.05) is 0 Å². The molecule has 0 aliphatic rings. The van der Waals surface area contributed by atoms with E-state index < -0.39 is 21.6 Å². The second-order valence-corrected chi connectivity index (χ2v) is 5.30. The Labute approximate surface area is 110 Å². The third kappa shape index (κ3) is 9.77. The first-order chi connectivity index (χ1) is 7.74. The Kier molecular flexibility index (Phi) is 12.5. The van der Waals surface area contributed by atoms with Gasteiger partial charge in [-0.15, -0.1) is 0 Å². The summed E-state index contributed by atoms with van der Waals surface area (Å²) in [5, 5.41) is 0. The van der Waals surface area contributed by atoms with Gasteiger partial charge < -0.3 is 0 Å². The molecule has 0 aromatic heterocycles. The van der Waals surface area contributed by atoms with Crippen molar-refractivity contribution >= 4 is 0 Å². The van der Waals surface area contributed by atoms with Gasteiger partial charge in [-0.2, -0.15) is 0 Å². The Hall–Kier alpha value is 0.570. The quantitative estimate of drug-likeness (QED) is 0.138. The van der Waals surface area contributed by atoms with Gasteiger partial charge >= 0.3 is 110 Å². The van der Waals surface area contributed by atoms with E-state index >= 15 is 0 Å². The van der Waals surface area contributed by atoms with E-state index in [1.165, 1.54) is 0 Å². The molecule has 100 valence electrons. The van der Waals surface area contributed by atoms with Crippen molar-refractivity contribution in [3.63, 3.8) is 0 Å². The van der Waals surface area contributed by atoms with Crippen molar-refractivity contribution < 1.29 is 34.5 Å². The molecule has 0 saturated heterocycles. The molecule has 0 rings (SSSR count). The summed E-state index contributed by atoms with van der Waals surface area (Å²) in [4.78, 5) is 5.30. The van der Waals surface area contributed by atoms with Gasteiger partial charge in [0, 0.05) is 0 Å². The van der Waals surface area contributed by atoms with Crippen molar-refractivity contribution in [3.05, 3.63) is 0 Å². The molecule has 0 bridgehead atoms. The number of rotatable bonds is 11. The molecule has 0 heterocycles. The molecular formula is C11H25INO3-. The van der Waals surface area contributed by atoms with Gasteiger partial charge in [0.2, 0.25) is 0 Å². The number of hydrogen-bond donors (Lipinski definition) is 1. The number of nitrogens with two attached hydrogens (primary N) is 1. The fraction of sp³-hybridized carbons (Fsp3) is 1.00. The third-order valence-corrected chi connectivity index (χ3v) is 3.25. The van der Waals surface area contributed by atoms with Gasteiger partial charge in [0.15, 0.2) is 0 Å². The minimum atomic E-state index is -0.496. The zero-order valence-corrected chi connectivity index (χ0v) is 12.7. The van der Waals surface area contributed by atoms with Crippen molar-refractivity contribution in [1.82, 2.24) is 0 Å². The van der Waals surface area contributed by atoms with E-state index in [1.54, 1.807) is 0 Å². The number of hydrogen-bond acceptors (Lipinski definition) is 4. The van der Waals surface area contributed by atoms with Gasteiger partial charge in [-0.3, -0.25) is 0 Å². The number of halogens is 1. The van der Waals surface area contributed by atoms with Crippen LogP contribution in [0.2, 0.25) is 0 Å². The predicted octanol–water partition coefficient (Wildman–Crippen LogP) is -0.424. The Morgan fingerprint density at radius 2 is 1.81 bits per heavy atom. The first-order valence-electron chi connectivity index (χ1n) is 6.03. The number of ether oxygens (including phenoxy) is 1. The maximum atomic E-state index is 5.70.